The molecule has 11 heteroatoms. The van der Waals surface area contributed by atoms with Crippen LogP contribution >= 0.6 is 0 Å². The van der Waals surface area contributed by atoms with Gasteiger partial charge in [0.1, 0.15) is 17.6 Å². The Morgan fingerprint density at radius 3 is 2.64 bits per heavy atom. The number of hydrazone groups is 1. The molecule has 2 heterocycles. The number of halogens is 1. The van der Waals surface area contributed by atoms with Gasteiger partial charge in [-0.2, -0.15) is 5.10 Å². The van der Waals surface area contributed by atoms with Crippen LogP contribution in [-0.2, 0) is 16.1 Å². The number of amides is 2. The first-order valence-electron chi connectivity index (χ1n) is 10.2. The van der Waals surface area contributed by atoms with Gasteiger partial charge in [-0.25, -0.2) is 9.18 Å². The van der Waals surface area contributed by atoms with Gasteiger partial charge < -0.3 is 20.4 Å². The third-order valence-electron chi connectivity index (χ3n) is 5.29. The minimum atomic E-state index is -0.872. The summed E-state index contributed by atoms with van der Waals surface area (Å²) in [6.07, 6.45) is 0.0000402. The van der Waals surface area contributed by atoms with Crippen molar-refractivity contribution in [3.8, 4) is 0 Å². The summed E-state index contributed by atoms with van der Waals surface area (Å²) in [5.41, 5.74) is 7.43. The summed E-state index contributed by atoms with van der Waals surface area (Å²) in [7, 11) is 3.80. The molecule has 1 unspecified atom stereocenters. The topological polar surface area (TPSA) is 126 Å². The van der Waals surface area contributed by atoms with Gasteiger partial charge in [-0.15, -0.1) is 0 Å². The zero-order valence-corrected chi connectivity index (χ0v) is 18.1. The summed E-state index contributed by atoms with van der Waals surface area (Å²) in [5, 5.41) is 8.31. The third kappa shape index (κ3) is 4.62. The fourth-order valence-corrected chi connectivity index (χ4v) is 3.56. The Kier molecular flexibility index (Phi) is 5.97. The lowest BCUT2D eigenvalue weighted by molar-refractivity contribution is -0.119. The number of likely N-dealkylation sites (N-methyl/N-ethyl adjacent to an activating group) is 1. The Balaban J connectivity index is 1.57. The molecule has 0 saturated heterocycles. The molecule has 10 nitrogen and oxygen atoms in total. The lowest BCUT2D eigenvalue weighted by Crippen LogP contribution is -2.39. The first-order chi connectivity index (χ1) is 15.7. The van der Waals surface area contributed by atoms with Crippen molar-refractivity contribution in [2.45, 2.75) is 19.0 Å². The number of hydrogen-bond donors (Lipinski definition) is 2. The van der Waals surface area contributed by atoms with Gasteiger partial charge in [0, 0.05) is 25.2 Å². The molecule has 0 bridgehead atoms. The lowest BCUT2D eigenvalue weighted by Gasteiger charge is -2.20. The van der Waals surface area contributed by atoms with Gasteiger partial charge in [0.2, 0.25) is 5.91 Å². The molecule has 1 atom stereocenters. The Labute approximate surface area is 188 Å². The van der Waals surface area contributed by atoms with E-state index < -0.39 is 29.4 Å². The van der Waals surface area contributed by atoms with Crippen LogP contribution in [0.2, 0.25) is 0 Å². The van der Waals surface area contributed by atoms with Gasteiger partial charge in [0.25, 0.3) is 5.91 Å². The summed E-state index contributed by atoms with van der Waals surface area (Å²) < 4.78 is 20.0. The van der Waals surface area contributed by atoms with Gasteiger partial charge in [-0.3, -0.25) is 19.2 Å². The minimum absolute atomic E-state index is 0.0000402. The SMILES string of the molecule is CN(C)CCn1c(=O)oc2ccc(NC(=O)C3=NN(c4ccc(F)cc4)C(C(N)=O)C3)cc21. The van der Waals surface area contributed by atoms with Crippen molar-refractivity contribution in [2.75, 3.05) is 31.0 Å². The standard InChI is InChI=1S/C22H23FN6O4/c1-27(2)9-10-28-17-11-14(5-8-19(17)33-22(28)32)25-21(31)16-12-18(20(24)30)29(26-16)15-6-3-13(23)4-7-15/h3-8,11,18H,9-10,12H2,1-2H3,(H2,24,30)(H,25,31). The van der Waals surface area contributed by atoms with E-state index in [4.69, 9.17) is 10.2 Å². The van der Waals surface area contributed by atoms with Crippen LogP contribution in [0.1, 0.15) is 6.42 Å². The van der Waals surface area contributed by atoms with Crippen molar-refractivity contribution < 1.29 is 18.4 Å². The van der Waals surface area contributed by atoms with Gasteiger partial charge in [0.15, 0.2) is 5.58 Å². The van der Waals surface area contributed by atoms with Gasteiger partial charge in [0.05, 0.1) is 11.2 Å². The molecular weight excluding hydrogens is 431 g/mol. The van der Waals surface area contributed by atoms with Crippen LogP contribution in [0, 0.1) is 5.82 Å². The molecule has 0 radical (unpaired) electrons. The molecular formula is C22H23FN6O4. The number of carbonyl (C=O) groups is 2. The number of benzene rings is 2. The van der Waals surface area contributed by atoms with Crippen LogP contribution in [-0.4, -0.2) is 53.7 Å². The van der Waals surface area contributed by atoms with Crippen molar-refractivity contribution in [1.29, 1.82) is 0 Å². The summed E-state index contributed by atoms with van der Waals surface area (Å²) in [5.74, 6) is -2.09. The molecule has 2 amide bonds. The van der Waals surface area contributed by atoms with E-state index in [1.165, 1.54) is 33.8 Å². The smallest absolute Gasteiger partial charge is 0.408 e. The Hall–Kier alpha value is -3.99. The molecule has 0 saturated carbocycles. The Morgan fingerprint density at radius 2 is 1.97 bits per heavy atom. The van der Waals surface area contributed by atoms with Crippen LogP contribution in [0.5, 0.6) is 0 Å². The number of fused-ring (bicyclic) bond motifs is 1. The monoisotopic (exact) mass is 454 g/mol. The maximum atomic E-state index is 13.3. The normalized spacial score (nSPS) is 15.8. The van der Waals surface area contributed by atoms with Crippen LogP contribution < -0.4 is 21.8 Å². The molecule has 1 aromatic heterocycles. The minimum Gasteiger partial charge on any atom is -0.408 e. The number of nitrogens with two attached hydrogens (primary N) is 1. The van der Waals surface area contributed by atoms with Gasteiger partial charge in [-0.1, -0.05) is 0 Å². The fourth-order valence-electron chi connectivity index (χ4n) is 3.56. The van der Waals surface area contributed by atoms with E-state index in [9.17, 15) is 18.8 Å². The molecule has 0 aliphatic carbocycles. The second-order valence-corrected chi connectivity index (χ2v) is 7.95. The van der Waals surface area contributed by atoms with Crippen molar-refractivity contribution in [3.63, 3.8) is 0 Å². The molecule has 0 spiro atoms. The molecule has 1 aliphatic rings. The number of primary amides is 1. The lowest BCUT2D eigenvalue weighted by atomic mass is 10.1. The van der Waals surface area contributed by atoms with Gasteiger partial charge in [-0.05, 0) is 56.6 Å². The van der Waals surface area contributed by atoms with E-state index in [0.717, 1.165) is 0 Å². The summed E-state index contributed by atoms with van der Waals surface area (Å²) in [4.78, 5) is 38.9. The highest BCUT2D eigenvalue weighted by molar-refractivity contribution is 6.44. The molecule has 3 N–H and O–H groups in total. The number of rotatable bonds is 7. The fraction of sp³-hybridized carbons (Fsp3) is 0.273. The molecule has 0 fully saturated rings. The van der Waals surface area contributed by atoms with E-state index >= 15 is 0 Å². The van der Waals surface area contributed by atoms with Crippen LogP contribution in [0.25, 0.3) is 11.1 Å². The summed E-state index contributed by atoms with van der Waals surface area (Å²) in [6, 6.07) is 9.36. The van der Waals surface area contributed by atoms with E-state index in [-0.39, 0.29) is 12.1 Å². The summed E-state index contributed by atoms with van der Waals surface area (Å²) >= 11 is 0. The average molecular weight is 454 g/mol. The van der Waals surface area contributed by atoms with Crippen LogP contribution in [0.4, 0.5) is 15.8 Å². The molecule has 3 aromatic rings. The number of carbonyl (C=O) groups excluding carboxylic acids is 2. The predicted octanol–water partition coefficient (Wildman–Crippen LogP) is 1.35. The highest BCUT2D eigenvalue weighted by atomic mass is 19.1. The number of hydrogen-bond acceptors (Lipinski definition) is 7. The zero-order chi connectivity index (χ0) is 23.7. The van der Waals surface area contributed by atoms with E-state index in [0.29, 0.717) is 35.6 Å². The van der Waals surface area contributed by atoms with E-state index in [1.807, 2.05) is 19.0 Å². The zero-order valence-electron chi connectivity index (χ0n) is 18.1. The number of aromatic nitrogens is 1. The first-order valence-corrected chi connectivity index (χ1v) is 10.2. The second-order valence-electron chi connectivity index (χ2n) is 7.95. The molecule has 2 aromatic carbocycles. The third-order valence-corrected chi connectivity index (χ3v) is 5.29. The van der Waals surface area contributed by atoms with E-state index in [2.05, 4.69) is 10.4 Å². The average Bonchev–Trinajstić information content (AvgIpc) is 3.34. The second kappa shape index (κ2) is 8.87. The largest absolute Gasteiger partial charge is 0.419 e. The van der Waals surface area contributed by atoms with Crippen molar-refractivity contribution in [3.05, 3.63) is 58.8 Å². The van der Waals surface area contributed by atoms with Gasteiger partial charge >= 0.3 is 5.76 Å². The van der Waals surface area contributed by atoms with Crippen LogP contribution in [0.15, 0.2) is 56.8 Å². The molecule has 33 heavy (non-hydrogen) atoms. The summed E-state index contributed by atoms with van der Waals surface area (Å²) in [6.45, 7) is 1.06. The number of anilines is 2. The maximum absolute atomic E-state index is 13.3. The molecule has 172 valence electrons. The predicted molar refractivity (Wildman–Crippen MR) is 122 cm³/mol. The van der Waals surface area contributed by atoms with E-state index in [1.54, 1.807) is 18.2 Å². The van der Waals surface area contributed by atoms with Crippen LogP contribution in [0.3, 0.4) is 0 Å². The molecule has 1 aliphatic heterocycles. The Bertz CT molecular complexity index is 1290. The van der Waals surface area contributed by atoms with Crippen molar-refractivity contribution >= 4 is 40.0 Å². The highest BCUT2D eigenvalue weighted by Gasteiger charge is 2.35. The van der Waals surface area contributed by atoms with Crippen molar-refractivity contribution in [2.24, 2.45) is 10.8 Å². The number of oxazole rings is 1. The highest BCUT2D eigenvalue weighted by Crippen LogP contribution is 2.26. The number of nitrogens with zero attached hydrogens (tertiary/aromatic N) is 4. The molecule has 4 rings (SSSR count). The van der Waals surface area contributed by atoms with Crippen molar-refractivity contribution in [1.82, 2.24) is 9.47 Å². The quantitative estimate of drug-likeness (QED) is 0.555. The first kappa shape index (κ1) is 22.2. The maximum Gasteiger partial charge on any atom is 0.419 e. The number of nitrogens with one attached hydrogen (secondary N) is 1. The Morgan fingerprint density at radius 1 is 1.24 bits per heavy atom.